The highest BCUT2D eigenvalue weighted by Gasteiger charge is 2.24. The zero-order valence-electron chi connectivity index (χ0n) is 11.7. The third-order valence-corrected chi connectivity index (χ3v) is 3.22. The molecule has 6 heteroatoms. The number of nitrogens with one attached hydrogen (secondary N) is 1. The van der Waals surface area contributed by atoms with Crippen LogP contribution in [0.1, 0.15) is 23.2 Å². The van der Waals surface area contributed by atoms with Gasteiger partial charge in [-0.05, 0) is 25.0 Å². The Hall–Kier alpha value is -2.24. The Kier molecular flexibility index (Phi) is 4.12. The van der Waals surface area contributed by atoms with Gasteiger partial charge in [0, 0.05) is 13.1 Å². The maximum atomic E-state index is 11.8. The first-order valence-corrected chi connectivity index (χ1v) is 6.50. The summed E-state index contributed by atoms with van der Waals surface area (Å²) in [5.74, 6) is -0.530. The number of rotatable bonds is 5. The van der Waals surface area contributed by atoms with E-state index in [9.17, 15) is 9.59 Å². The number of methoxy groups -OCH3 is 1. The zero-order valence-corrected chi connectivity index (χ0v) is 11.7. The number of hydrogen-bond acceptors (Lipinski definition) is 5. The van der Waals surface area contributed by atoms with Crippen LogP contribution in [0.15, 0.2) is 18.2 Å². The van der Waals surface area contributed by atoms with Crippen LogP contribution in [-0.2, 0) is 9.53 Å². The summed E-state index contributed by atoms with van der Waals surface area (Å²) in [4.78, 5) is 25.1. The molecule has 1 saturated carbocycles. The number of nitrogens with two attached hydrogens (primary N) is 1. The summed E-state index contributed by atoms with van der Waals surface area (Å²) in [7, 11) is 3.07. The molecule has 0 atom stereocenters. The number of nitrogens with zero attached hydrogens (tertiary/aromatic N) is 1. The molecule has 0 aromatic heterocycles. The van der Waals surface area contributed by atoms with E-state index >= 15 is 0 Å². The van der Waals surface area contributed by atoms with E-state index in [4.69, 9.17) is 5.73 Å². The van der Waals surface area contributed by atoms with E-state index in [1.165, 1.54) is 7.11 Å². The average Bonchev–Trinajstić information content (AvgIpc) is 3.21. The van der Waals surface area contributed by atoms with Crippen LogP contribution in [0, 0.1) is 0 Å². The van der Waals surface area contributed by atoms with Crippen molar-refractivity contribution in [1.29, 1.82) is 0 Å². The minimum absolute atomic E-state index is 0.0436. The van der Waals surface area contributed by atoms with Gasteiger partial charge in [0.05, 0.1) is 30.6 Å². The van der Waals surface area contributed by atoms with Gasteiger partial charge in [0.15, 0.2) is 0 Å². The van der Waals surface area contributed by atoms with Gasteiger partial charge in [0.2, 0.25) is 5.91 Å². The summed E-state index contributed by atoms with van der Waals surface area (Å²) in [6, 6.07) is 5.41. The minimum atomic E-state index is -0.486. The van der Waals surface area contributed by atoms with Gasteiger partial charge >= 0.3 is 5.97 Å². The van der Waals surface area contributed by atoms with Gasteiger partial charge in [-0.3, -0.25) is 4.79 Å². The van der Waals surface area contributed by atoms with Crippen molar-refractivity contribution in [2.24, 2.45) is 0 Å². The van der Waals surface area contributed by atoms with E-state index in [0.717, 1.165) is 12.8 Å². The lowest BCUT2D eigenvalue weighted by molar-refractivity contribution is -0.119. The molecule has 1 aliphatic rings. The first-order valence-electron chi connectivity index (χ1n) is 6.50. The van der Waals surface area contributed by atoms with Gasteiger partial charge in [-0.15, -0.1) is 0 Å². The molecule has 1 aliphatic carbocycles. The maximum absolute atomic E-state index is 11.8. The van der Waals surface area contributed by atoms with E-state index in [-0.39, 0.29) is 12.5 Å². The Labute approximate surface area is 117 Å². The molecule has 2 rings (SSSR count). The van der Waals surface area contributed by atoms with Crippen LogP contribution in [0.2, 0.25) is 0 Å². The van der Waals surface area contributed by atoms with Crippen LogP contribution in [0.3, 0.4) is 0 Å². The topological polar surface area (TPSA) is 84.7 Å². The summed E-state index contributed by atoms with van der Waals surface area (Å²) in [6.45, 7) is 0.200. The molecule has 0 bridgehead atoms. The van der Waals surface area contributed by atoms with E-state index in [2.05, 4.69) is 10.1 Å². The second-order valence-corrected chi connectivity index (χ2v) is 4.93. The predicted molar refractivity (Wildman–Crippen MR) is 76.6 cm³/mol. The lowest BCUT2D eigenvalue weighted by Crippen LogP contribution is -2.36. The van der Waals surface area contributed by atoms with Crippen molar-refractivity contribution in [3.63, 3.8) is 0 Å². The van der Waals surface area contributed by atoms with Crippen molar-refractivity contribution in [1.82, 2.24) is 5.32 Å². The minimum Gasteiger partial charge on any atom is -0.465 e. The molecule has 1 aromatic carbocycles. The highest BCUT2D eigenvalue weighted by atomic mass is 16.5. The van der Waals surface area contributed by atoms with Crippen LogP contribution >= 0.6 is 0 Å². The number of carbonyl (C=O) groups is 2. The third-order valence-electron chi connectivity index (χ3n) is 3.22. The van der Waals surface area contributed by atoms with Crippen molar-refractivity contribution >= 4 is 23.3 Å². The molecule has 0 aliphatic heterocycles. The second kappa shape index (κ2) is 5.81. The van der Waals surface area contributed by atoms with Crippen LogP contribution in [0.25, 0.3) is 0 Å². The van der Waals surface area contributed by atoms with Crippen LogP contribution < -0.4 is 16.0 Å². The molecule has 108 valence electrons. The normalized spacial score (nSPS) is 13.7. The van der Waals surface area contributed by atoms with Crippen LogP contribution in [-0.4, -0.2) is 38.6 Å². The number of anilines is 2. The second-order valence-electron chi connectivity index (χ2n) is 4.93. The predicted octanol–water partition coefficient (Wildman–Crippen LogP) is 0.770. The largest absolute Gasteiger partial charge is 0.465 e. The van der Waals surface area contributed by atoms with Crippen molar-refractivity contribution in [3.05, 3.63) is 23.8 Å². The maximum Gasteiger partial charge on any atom is 0.340 e. The lowest BCUT2D eigenvalue weighted by atomic mass is 10.1. The Morgan fingerprint density at radius 2 is 2.15 bits per heavy atom. The number of para-hydroxylation sites is 1. The highest BCUT2D eigenvalue weighted by molar-refractivity contribution is 5.98. The van der Waals surface area contributed by atoms with Crippen molar-refractivity contribution in [2.45, 2.75) is 18.9 Å². The third kappa shape index (κ3) is 3.20. The van der Waals surface area contributed by atoms with Crippen molar-refractivity contribution in [2.75, 3.05) is 31.3 Å². The average molecular weight is 277 g/mol. The molecule has 0 radical (unpaired) electrons. The van der Waals surface area contributed by atoms with Crippen LogP contribution in [0.5, 0.6) is 0 Å². The lowest BCUT2D eigenvalue weighted by Gasteiger charge is -2.21. The van der Waals surface area contributed by atoms with Crippen molar-refractivity contribution in [3.8, 4) is 0 Å². The molecule has 0 unspecified atom stereocenters. The molecular formula is C14H19N3O3. The zero-order chi connectivity index (χ0) is 14.7. The highest BCUT2D eigenvalue weighted by Crippen LogP contribution is 2.26. The van der Waals surface area contributed by atoms with Gasteiger partial charge < -0.3 is 20.7 Å². The molecule has 1 aromatic rings. The SMILES string of the molecule is COC(=O)c1cccc(N(C)CC(=O)NC2CC2)c1N. The number of carbonyl (C=O) groups excluding carboxylic acids is 2. The first kappa shape index (κ1) is 14.2. The molecule has 1 amide bonds. The number of amides is 1. The van der Waals surface area contributed by atoms with E-state index in [1.807, 2.05) is 0 Å². The number of nitrogen functional groups attached to an aromatic ring is 1. The fourth-order valence-electron chi connectivity index (χ4n) is 1.98. The molecule has 1 fully saturated rings. The molecule has 0 saturated heterocycles. The molecule has 0 spiro atoms. The monoisotopic (exact) mass is 277 g/mol. The van der Waals surface area contributed by atoms with Gasteiger partial charge in [0.25, 0.3) is 0 Å². The van der Waals surface area contributed by atoms with Gasteiger partial charge in [-0.25, -0.2) is 4.79 Å². The summed E-state index contributed by atoms with van der Waals surface area (Å²) in [5, 5.41) is 2.91. The number of esters is 1. The smallest absolute Gasteiger partial charge is 0.340 e. The molecule has 20 heavy (non-hydrogen) atoms. The molecule has 0 heterocycles. The fourth-order valence-corrected chi connectivity index (χ4v) is 1.98. The van der Waals surface area contributed by atoms with Gasteiger partial charge in [-0.2, -0.15) is 0 Å². The Balaban J connectivity index is 2.10. The summed E-state index contributed by atoms with van der Waals surface area (Å²) in [5.41, 5.74) is 7.24. The van der Waals surface area contributed by atoms with Crippen molar-refractivity contribution < 1.29 is 14.3 Å². The van der Waals surface area contributed by atoms with E-state index in [1.54, 1.807) is 30.1 Å². The standard InChI is InChI=1S/C14H19N3O3/c1-17(8-12(18)16-9-6-7-9)11-5-3-4-10(13(11)15)14(19)20-2/h3-5,9H,6-8,15H2,1-2H3,(H,16,18). The summed E-state index contributed by atoms with van der Waals surface area (Å²) in [6.07, 6.45) is 2.10. The number of benzene rings is 1. The Bertz CT molecular complexity index is 526. The summed E-state index contributed by atoms with van der Waals surface area (Å²) >= 11 is 0. The first-order chi connectivity index (χ1) is 9.52. The van der Waals surface area contributed by atoms with Gasteiger partial charge in [0.1, 0.15) is 0 Å². The fraction of sp³-hybridized carbons (Fsp3) is 0.429. The molecule has 6 nitrogen and oxygen atoms in total. The summed E-state index contributed by atoms with van der Waals surface area (Å²) < 4.78 is 4.68. The Morgan fingerprint density at radius 1 is 1.45 bits per heavy atom. The van der Waals surface area contributed by atoms with E-state index < -0.39 is 5.97 Å². The number of hydrogen-bond donors (Lipinski definition) is 2. The number of likely N-dealkylation sites (N-methyl/N-ethyl adjacent to an activating group) is 1. The number of ether oxygens (including phenoxy) is 1. The van der Waals surface area contributed by atoms with Crippen LogP contribution in [0.4, 0.5) is 11.4 Å². The quantitative estimate of drug-likeness (QED) is 0.613. The molecular weight excluding hydrogens is 258 g/mol. The van der Waals surface area contributed by atoms with E-state index in [0.29, 0.717) is 23.0 Å². The molecule has 3 N–H and O–H groups in total. The Morgan fingerprint density at radius 3 is 2.75 bits per heavy atom. The van der Waals surface area contributed by atoms with Gasteiger partial charge in [-0.1, -0.05) is 6.07 Å².